The third-order valence-corrected chi connectivity index (χ3v) is 3.93. The van der Waals surface area contributed by atoms with Gasteiger partial charge in [0.2, 0.25) is 0 Å². The number of thioether (sulfide) groups is 1. The first kappa shape index (κ1) is 15.1. The molecule has 1 aliphatic heterocycles. The number of hydrogen-bond acceptors (Lipinski definition) is 4. The van der Waals surface area contributed by atoms with Crippen molar-refractivity contribution < 1.29 is 19.4 Å². The number of carboxylic acid groups (broad SMARTS) is 1. The van der Waals surface area contributed by atoms with Gasteiger partial charge in [-0.1, -0.05) is 13.8 Å². The Balaban J connectivity index is 2.42. The van der Waals surface area contributed by atoms with Crippen molar-refractivity contribution in [3.05, 3.63) is 0 Å². The summed E-state index contributed by atoms with van der Waals surface area (Å²) in [6, 6.07) is -0.225. The van der Waals surface area contributed by atoms with E-state index in [-0.39, 0.29) is 12.6 Å². The van der Waals surface area contributed by atoms with Gasteiger partial charge in [-0.25, -0.2) is 9.59 Å². The van der Waals surface area contributed by atoms with Gasteiger partial charge in [-0.2, -0.15) is 11.8 Å². The average molecular weight is 276 g/mol. The predicted molar refractivity (Wildman–Crippen MR) is 69.9 cm³/mol. The molecule has 6 nitrogen and oxygen atoms in total. The van der Waals surface area contributed by atoms with Gasteiger partial charge in [0.25, 0.3) is 0 Å². The number of rotatable bonds is 4. The number of nitrogens with one attached hydrogen (secondary N) is 1. The minimum absolute atomic E-state index is 0.0168. The number of carboxylic acids is 1. The van der Waals surface area contributed by atoms with E-state index in [1.54, 1.807) is 4.90 Å². The van der Waals surface area contributed by atoms with Crippen molar-refractivity contribution in [2.45, 2.75) is 30.5 Å². The third kappa shape index (κ3) is 4.38. The molecule has 1 aliphatic rings. The van der Waals surface area contributed by atoms with E-state index >= 15 is 0 Å². The Morgan fingerprint density at radius 3 is 2.44 bits per heavy atom. The topological polar surface area (TPSA) is 78.9 Å². The van der Waals surface area contributed by atoms with Crippen LogP contribution in [0.25, 0.3) is 0 Å². The van der Waals surface area contributed by atoms with Crippen LogP contribution in [0.3, 0.4) is 0 Å². The van der Waals surface area contributed by atoms with Crippen LogP contribution in [-0.2, 0) is 9.53 Å². The molecule has 1 heterocycles. The molecule has 1 rings (SSSR count). The van der Waals surface area contributed by atoms with Crippen molar-refractivity contribution in [1.29, 1.82) is 0 Å². The van der Waals surface area contributed by atoms with Gasteiger partial charge in [-0.3, -0.25) is 0 Å². The predicted octanol–water partition coefficient (Wildman–Crippen LogP) is 0.621. The van der Waals surface area contributed by atoms with E-state index in [2.05, 4.69) is 19.2 Å². The second kappa shape index (κ2) is 6.84. The zero-order valence-electron chi connectivity index (χ0n) is 10.9. The van der Waals surface area contributed by atoms with E-state index < -0.39 is 12.1 Å². The van der Waals surface area contributed by atoms with Crippen molar-refractivity contribution >= 4 is 23.8 Å². The molecule has 1 saturated heterocycles. The van der Waals surface area contributed by atoms with Crippen LogP contribution in [-0.4, -0.2) is 65.4 Å². The highest BCUT2D eigenvalue weighted by Gasteiger charge is 2.26. The number of aliphatic carboxylic acids is 1. The fourth-order valence-electron chi connectivity index (χ4n) is 1.91. The van der Waals surface area contributed by atoms with E-state index in [0.717, 1.165) is 0 Å². The maximum absolute atomic E-state index is 11.9. The molecule has 0 aliphatic carbocycles. The van der Waals surface area contributed by atoms with Crippen molar-refractivity contribution in [3.63, 3.8) is 0 Å². The molecular weight excluding hydrogens is 256 g/mol. The fourth-order valence-corrected chi connectivity index (χ4v) is 3.23. The van der Waals surface area contributed by atoms with E-state index in [1.807, 2.05) is 11.8 Å². The van der Waals surface area contributed by atoms with E-state index in [1.165, 1.54) is 7.11 Å². The summed E-state index contributed by atoms with van der Waals surface area (Å²) in [6.45, 7) is 5.51. The molecule has 3 atom stereocenters. The second-order valence-electron chi connectivity index (χ2n) is 4.41. The molecule has 0 aromatic carbocycles. The number of methoxy groups -OCH3 is 1. The molecule has 3 unspecified atom stereocenters. The maximum atomic E-state index is 11.9. The molecular formula is C11H20N2O4S. The minimum atomic E-state index is -1.08. The molecule has 2 N–H and O–H groups in total. The van der Waals surface area contributed by atoms with Crippen molar-refractivity contribution in [2.75, 3.05) is 26.7 Å². The van der Waals surface area contributed by atoms with Crippen LogP contribution < -0.4 is 5.32 Å². The van der Waals surface area contributed by atoms with Gasteiger partial charge < -0.3 is 20.1 Å². The van der Waals surface area contributed by atoms with Gasteiger partial charge in [0.05, 0.1) is 6.54 Å². The molecule has 0 saturated carbocycles. The lowest BCUT2D eigenvalue weighted by atomic mass is 10.3. The highest BCUT2D eigenvalue weighted by molar-refractivity contribution is 8.00. The average Bonchev–Trinajstić information content (AvgIpc) is 2.27. The lowest BCUT2D eigenvalue weighted by Crippen LogP contribution is -2.50. The normalized spacial score (nSPS) is 25.6. The number of carbonyl (C=O) groups is 2. The van der Waals surface area contributed by atoms with Crippen LogP contribution in [0.5, 0.6) is 0 Å². The lowest BCUT2D eigenvalue weighted by Gasteiger charge is -2.34. The molecule has 0 aromatic heterocycles. The first-order valence-corrected chi connectivity index (χ1v) is 6.82. The van der Waals surface area contributed by atoms with E-state index in [4.69, 9.17) is 9.84 Å². The standard InChI is InChI=1S/C11H20N2O4S/c1-7-5-13(6-8(2)18-7)11(16)12-4-9(17-3)10(14)15/h7-9H,4-6H2,1-3H3,(H,12,16)(H,14,15). The molecule has 0 radical (unpaired) electrons. The van der Waals surface area contributed by atoms with Gasteiger partial charge in [-0.05, 0) is 0 Å². The molecule has 104 valence electrons. The van der Waals surface area contributed by atoms with Crippen molar-refractivity contribution in [2.24, 2.45) is 0 Å². The Kier molecular flexibility index (Phi) is 5.74. The van der Waals surface area contributed by atoms with Crippen LogP contribution in [0, 0.1) is 0 Å². The zero-order chi connectivity index (χ0) is 13.7. The summed E-state index contributed by atoms with van der Waals surface area (Å²) < 4.78 is 4.75. The molecule has 1 fully saturated rings. The molecule has 0 spiro atoms. The zero-order valence-corrected chi connectivity index (χ0v) is 11.7. The monoisotopic (exact) mass is 276 g/mol. The summed E-state index contributed by atoms with van der Waals surface area (Å²) in [5, 5.41) is 12.2. The molecule has 7 heteroatoms. The Bertz CT molecular complexity index is 303. The summed E-state index contributed by atoms with van der Waals surface area (Å²) in [5.74, 6) is -1.08. The Morgan fingerprint density at radius 2 is 2.00 bits per heavy atom. The van der Waals surface area contributed by atoms with Crippen molar-refractivity contribution in [1.82, 2.24) is 10.2 Å². The number of urea groups is 1. The van der Waals surface area contributed by atoms with Gasteiger partial charge in [-0.15, -0.1) is 0 Å². The highest BCUT2D eigenvalue weighted by Crippen LogP contribution is 2.24. The van der Waals surface area contributed by atoms with Gasteiger partial charge >= 0.3 is 12.0 Å². The summed E-state index contributed by atoms with van der Waals surface area (Å²) in [7, 11) is 1.31. The number of amides is 2. The third-order valence-electron chi connectivity index (χ3n) is 2.71. The summed E-state index contributed by atoms with van der Waals surface area (Å²) in [6.07, 6.45) is -0.997. The molecule has 0 bridgehead atoms. The van der Waals surface area contributed by atoms with Crippen LogP contribution >= 0.6 is 11.8 Å². The summed E-state index contributed by atoms with van der Waals surface area (Å²) in [4.78, 5) is 24.3. The number of hydrogen-bond donors (Lipinski definition) is 2. The number of nitrogens with zero attached hydrogens (tertiary/aromatic N) is 1. The Morgan fingerprint density at radius 1 is 1.44 bits per heavy atom. The first-order valence-electron chi connectivity index (χ1n) is 5.87. The van der Waals surface area contributed by atoms with Crippen LogP contribution in [0.1, 0.15) is 13.8 Å². The van der Waals surface area contributed by atoms with Crippen LogP contribution in [0.15, 0.2) is 0 Å². The lowest BCUT2D eigenvalue weighted by molar-refractivity contribution is -0.148. The second-order valence-corrected chi connectivity index (χ2v) is 6.29. The summed E-state index contributed by atoms with van der Waals surface area (Å²) in [5.41, 5.74) is 0. The van der Waals surface area contributed by atoms with Gasteiger partial charge in [0.1, 0.15) is 0 Å². The molecule has 18 heavy (non-hydrogen) atoms. The quantitative estimate of drug-likeness (QED) is 0.787. The number of ether oxygens (including phenoxy) is 1. The highest BCUT2D eigenvalue weighted by atomic mass is 32.2. The van der Waals surface area contributed by atoms with Crippen LogP contribution in [0.4, 0.5) is 4.79 Å². The SMILES string of the molecule is COC(CNC(=O)N1CC(C)SC(C)C1)C(=O)O. The Hall–Kier alpha value is -0.950. The molecule has 0 aromatic rings. The van der Waals surface area contributed by atoms with Crippen LogP contribution in [0.2, 0.25) is 0 Å². The minimum Gasteiger partial charge on any atom is -0.479 e. The number of carbonyl (C=O) groups excluding carboxylic acids is 1. The smallest absolute Gasteiger partial charge is 0.334 e. The maximum Gasteiger partial charge on any atom is 0.334 e. The fraction of sp³-hybridized carbons (Fsp3) is 0.818. The summed E-state index contributed by atoms with van der Waals surface area (Å²) >= 11 is 1.86. The van der Waals surface area contributed by atoms with E-state index in [0.29, 0.717) is 23.6 Å². The van der Waals surface area contributed by atoms with Crippen molar-refractivity contribution in [3.8, 4) is 0 Å². The first-order chi connectivity index (χ1) is 8.43. The van der Waals surface area contributed by atoms with Gasteiger partial charge in [0.15, 0.2) is 6.10 Å². The Labute approximate surface area is 111 Å². The van der Waals surface area contributed by atoms with Gasteiger partial charge in [0, 0.05) is 30.7 Å². The molecule has 2 amide bonds. The van der Waals surface area contributed by atoms with E-state index in [9.17, 15) is 9.59 Å². The largest absolute Gasteiger partial charge is 0.479 e.